The number of nitrogens with one attached hydrogen (secondary N) is 1. The summed E-state index contributed by atoms with van der Waals surface area (Å²) >= 11 is 0. The van der Waals surface area contributed by atoms with Crippen molar-refractivity contribution in [2.75, 3.05) is 38.6 Å². The Balaban J connectivity index is 2.11. The zero-order valence-electron chi connectivity index (χ0n) is 12.1. The Bertz CT molecular complexity index is 322. The summed E-state index contributed by atoms with van der Waals surface area (Å²) in [5.41, 5.74) is 2.48. The number of hydrogen-bond acceptors (Lipinski definition) is 3. The van der Waals surface area contributed by atoms with Gasteiger partial charge in [0.05, 0.1) is 12.7 Å². The molecule has 0 aliphatic rings. The normalized spacial score (nSPS) is 11.2. The van der Waals surface area contributed by atoms with Crippen molar-refractivity contribution in [2.45, 2.75) is 26.9 Å². The van der Waals surface area contributed by atoms with Crippen LogP contribution >= 0.6 is 0 Å². The van der Waals surface area contributed by atoms with Gasteiger partial charge in [0.1, 0.15) is 0 Å². The van der Waals surface area contributed by atoms with Gasteiger partial charge in [-0.25, -0.2) is 0 Å². The number of anilines is 1. The first-order valence-corrected chi connectivity index (χ1v) is 6.68. The predicted molar refractivity (Wildman–Crippen MR) is 78.3 cm³/mol. The predicted octanol–water partition coefficient (Wildman–Crippen LogP) is 2.76. The van der Waals surface area contributed by atoms with Gasteiger partial charge in [0.15, 0.2) is 0 Å². The summed E-state index contributed by atoms with van der Waals surface area (Å²) in [6.07, 6.45) is 0.323. The lowest BCUT2D eigenvalue weighted by Crippen LogP contribution is -2.29. The Morgan fingerprint density at radius 1 is 1.17 bits per heavy atom. The third-order valence-electron chi connectivity index (χ3n) is 2.80. The molecule has 1 N–H and O–H groups in total. The molecule has 0 saturated carbocycles. The molecule has 0 amide bonds. The SMILES string of the molecule is Cc1ccc(NCCN(C)CCOC(C)C)cc1. The molecule has 0 aromatic heterocycles. The molecule has 18 heavy (non-hydrogen) atoms. The molecule has 0 atom stereocenters. The van der Waals surface area contributed by atoms with E-state index in [0.29, 0.717) is 6.10 Å². The van der Waals surface area contributed by atoms with Crippen LogP contribution in [0.25, 0.3) is 0 Å². The number of aryl methyl sites for hydroxylation is 1. The molecule has 1 rings (SSSR count). The molecule has 0 aliphatic heterocycles. The number of rotatable bonds is 8. The van der Waals surface area contributed by atoms with Crippen LogP contribution in [0.5, 0.6) is 0 Å². The van der Waals surface area contributed by atoms with Crippen LogP contribution in [0.3, 0.4) is 0 Å². The van der Waals surface area contributed by atoms with E-state index in [1.54, 1.807) is 0 Å². The lowest BCUT2D eigenvalue weighted by molar-refractivity contribution is 0.0645. The lowest BCUT2D eigenvalue weighted by atomic mass is 10.2. The first kappa shape index (κ1) is 15.0. The van der Waals surface area contributed by atoms with Gasteiger partial charge in [-0.15, -0.1) is 0 Å². The molecule has 0 aliphatic carbocycles. The van der Waals surface area contributed by atoms with Gasteiger partial charge in [0.2, 0.25) is 0 Å². The highest BCUT2D eigenvalue weighted by molar-refractivity contribution is 5.44. The highest BCUT2D eigenvalue weighted by Crippen LogP contribution is 2.07. The quantitative estimate of drug-likeness (QED) is 0.768. The average Bonchev–Trinajstić information content (AvgIpc) is 2.31. The molecule has 102 valence electrons. The molecular weight excluding hydrogens is 224 g/mol. The van der Waals surface area contributed by atoms with Crippen molar-refractivity contribution in [3.05, 3.63) is 29.8 Å². The van der Waals surface area contributed by atoms with Crippen LogP contribution in [0.1, 0.15) is 19.4 Å². The summed E-state index contributed by atoms with van der Waals surface area (Å²) in [4.78, 5) is 2.28. The molecule has 0 heterocycles. The summed E-state index contributed by atoms with van der Waals surface area (Å²) in [5, 5.41) is 3.42. The van der Waals surface area contributed by atoms with E-state index < -0.39 is 0 Å². The van der Waals surface area contributed by atoms with Crippen molar-refractivity contribution in [1.82, 2.24) is 4.90 Å². The van der Waals surface area contributed by atoms with Gasteiger partial charge in [0.25, 0.3) is 0 Å². The Hall–Kier alpha value is -1.06. The van der Waals surface area contributed by atoms with Gasteiger partial charge in [-0.3, -0.25) is 0 Å². The number of nitrogens with zero attached hydrogens (tertiary/aromatic N) is 1. The van der Waals surface area contributed by atoms with E-state index in [4.69, 9.17) is 4.74 Å². The van der Waals surface area contributed by atoms with Gasteiger partial charge in [-0.1, -0.05) is 17.7 Å². The first-order valence-electron chi connectivity index (χ1n) is 6.68. The fourth-order valence-electron chi connectivity index (χ4n) is 1.62. The third-order valence-corrected chi connectivity index (χ3v) is 2.80. The summed E-state index contributed by atoms with van der Waals surface area (Å²) in [6.45, 7) is 10.0. The highest BCUT2D eigenvalue weighted by Gasteiger charge is 1.99. The summed E-state index contributed by atoms with van der Waals surface area (Å²) in [6, 6.07) is 8.50. The number of ether oxygens (including phenoxy) is 1. The fraction of sp³-hybridized carbons (Fsp3) is 0.600. The van der Waals surface area contributed by atoms with Gasteiger partial charge in [0, 0.05) is 25.3 Å². The minimum absolute atomic E-state index is 0.323. The summed E-state index contributed by atoms with van der Waals surface area (Å²) < 4.78 is 5.53. The van der Waals surface area contributed by atoms with Crippen LogP contribution in [0, 0.1) is 6.92 Å². The van der Waals surface area contributed by atoms with E-state index >= 15 is 0 Å². The van der Waals surface area contributed by atoms with Crippen LogP contribution in [-0.4, -0.2) is 44.3 Å². The maximum absolute atomic E-state index is 5.53. The second kappa shape index (κ2) is 8.11. The summed E-state index contributed by atoms with van der Waals surface area (Å²) in [5.74, 6) is 0. The van der Waals surface area contributed by atoms with E-state index in [1.165, 1.54) is 11.3 Å². The molecule has 3 heteroatoms. The van der Waals surface area contributed by atoms with Crippen molar-refractivity contribution >= 4 is 5.69 Å². The molecule has 0 bridgehead atoms. The topological polar surface area (TPSA) is 24.5 Å². The lowest BCUT2D eigenvalue weighted by Gasteiger charge is -2.18. The van der Waals surface area contributed by atoms with Crippen molar-refractivity contribution in [2.24, 2.45) is 0 Å². The molecule has 0 radical (unpaired) electrons. The molecule has 0 spiro atoms. The Kier molecular flexibility index (Phi) is 6.76. The fourth-order valence-corrected chi connectivity index (χ4v) is 1.62. The second-order valence-corrected chi connectivity index (χ2v) is 5.02. The van der Waals surface area contributed by atoms with E-state index in [0.717, 1.165) is 26.2 Å². The van der Waals surface area contributed by atoms with Crippen LogP contribution in [0.15, 0.2) is 24.3 Å². The minimum atomic E-state index is 0.323. The second-order valence-electron chi connectivity index (χ2n) is 5.02. The van der Waals surface area contributed by atoms with Crippen LogP contribution in [-0.2, 0) is 4.74 Å². The van der Waals surface area contributed by atoms with E-state index in [-0.39, 0.29) is 0 Å². The number of hydrogen-bond donors (Lipinski definition) is 1. The van der Waals surface area contributed by atoms with Crippen molar-refractivity contribution in [1.29, 1.82) is 0 Å². The van der Waals surface area contributed by atoms with Gasteiger partial charge in [-0.2, -0.15) is 0 Å². The van der Waals surface area contributed by atoms with E-state index in [2.05, 4.69) is 62.3 Å². The molecule has 1 aromatic carbocycles. The molecule has 1 aromatic rings. The maximum Gasteiger partial charge on any atom is 0.0596 e. The van der Waals surface area contributed by atoms with Gasteiger partial charge in [-0.05, 0) is 40.0 Å². The third kappa shape index (κ3) is 6.62. The van der Waals surface area contributed by atoms with Crippen molar-refractivity contribution in [3.8, 4) is 0 Å². The van der Waals surface area contributed by atoms with Crippen LogP contribution < -0.4 is 5.32 Å². The molecule has 3 nitrogen and oxygen atoms in total. The van der Waals surface area contributed by atoms with Crippen molar-refractivity contribution < 1.29 is 4.74 Å². The Morgan fingerprint density at radius 2 is 1.83 bits per heavy atom. The smallest absolute Gasteiger partial charge is 0.0596 e. The Labute approximate surface area is 111 Å². The maximum atomic E-state index is 5.53. The largest absolute Gasteiger partial charge is 0.384 e. The minimum Gasteiger partial charge on any atom is -0.384 e. The first-order chi connectivity index (χ1) is 8.58. The van der Waals surface area contributed by atoms with E-state index in [9.17, 15) is 0 Å². The Morgan fingerprint density at radius 3 is 2.44 bits per heavy atom. The molecule has 0 fully saturated rings. The summed E-state index contributed by atoms with van der Waals surface area (Å²) in [7, 11) is 2.13. The van der Waals surface area contributed by atoms with Gasteiger partial charge < -0.3 is 15.0 Å². The highest BCUT2D eigenvalue weighted by atomic mass is 16.5. The zero-order chi connectivity index (χ0) is 13.4. The van der Waals surface area contributed by atoms with Crippen LogP contribution in [0.4, 0.5) is 5.69 Å². The average molecular weight is 250 g/mol. The standard InChI is InChI=1S/C15H26N2O/c1-13(2)18-12-11-17(4)10-9-16-15-7-5-14(3)6-8-15/h5-8,13,16H,9-12H2,1-4H3. The van der Waals surface area contributed by atoms with Crippen molar-refractivity contribution in [3.63, 3.8) is 0 Å². The zero-order valence-corrected chi connectivity index (χ0v) is 12.1. The molecule has 0 saturated heterocycles. The van der Waals surface area contributed by atoms with Crippen LogP contribution in [0.2, 0.25) is 0 Å². The molecule has 0 unspecified atom stereocenters. The number of likely N-dealkylation sites (N-methyl/N-ethyl adjacent to an activating group) is 1. The number of benzene rings is 1. The van der Waals surface area contributed by atoms with Gasteiger partial charge >= 0.3 is 0 Å². The van der Waals surface area contributed by atoms with E-state index in [1.807, 2.05) is 0 Å². The molecular formula is C15H26N2O. The monoisotopic (exact) mass is 250 g/mol.